The van der Waals surface area contributed by atoms with Crippen LogP contribution in [-0.2, 0) is 4.79 Å². The largest absolute Gasteiger partial charge is 0.482 e. The average Bonchev–Trinajstić information content (AvgIpc) is 2.49. The zero-order valence-electron chi connectivity index (χ0n) is 11.4. The smallest absolute Gasteiger partial charge is 0.269 e. The minimum Gasteiger partial charge on any atom is -0.482 e. The van der Waals surface area contributed by atoms with Crippen molar-refractivity contribution in [2.45, 2.75) is 19.1 Å². The van der Waals surface area contributed by atoms with Gasteiger partial charge in [-0.05, 0) is 47.1 Å². The molecule has 0 saturated heterocycles. The highest BCUT2D eigenvalue weighted by Gasteiger charge is 2.34. The Morgan fingerprint density at radius 1 is 1.05 bits per heavy atom. The van der Waals surface area contributed by atoms with E-state index in [1.54, 1.807) is 6.07 Å². The summed E-state index contributed by atoms with van der Waals surface area (Å²) in [6.45, 7) is 1.82. The second kappa shape index (κ2) is 5.77. The van der Waals surface area contributed by atoms with E-state index < -0.39 is 6.10 Å². The molecule has 21 heavy (non-hydrogen) atoms. The highest BCUT2D eigenvalue weighted by atomic mass is 79.9. The van der Waals surface area contributed by atoms with Crippen molar-refractivity contribution in [1.82, 2.24) is 0 Å². The summed E-state index contributed by atoms with van der Waals surface area (Å²) in [7, 11) is 0. The molecule has 0 aromatic heterocycles. The van der Waals surface area contributed by atoms with Crippen LogP contribution in [0.5, 0.6) is 11.5 Å². The van der Waals surface area contributed by atoms with Gasteiger partial charge < -0.3 is 14.8 Å². The second-order valence-electron chi connectivity index (χ2n) is 4.78. The molecule has 1 heterocycles. The van der Waals surface area contributed by atoms with E-state index in [-0.39, 0.29) is 12.0 Å². The van der Waals surface area contributed by atoms with Gasteiger partial charge in [0.25, 0.3) is 5.91 Å². The first kappa shape index (κ1) is 13.9. The van der Waals surface area contributed by atoms with Crippen molar-refractivity contribution in [2.75, 3.05) is 5.32 Å². The number of anilines is 1. The fourth-order valence-corrected chi connectivity index (χ4v) is 2.56. The number of rotatable bonds is 2. The van der Waals surface area contributed by atoms with Crippen LogP contribution < -0.4 is 14.8 Å². The first-order chi connectivity index (χ1) is 10.1. The van der Waals surface area contributed by atoms with Gasteiger partial charge in [0.2, 0.25) is 6.10 Å². The van der Waals surface area contributed by atoms with Crippen molar-refractivity contribution in [3.05, 3.63) is 53.0 Å². The number of para-hydroxylation sites is 3. The van der Waals surface area contributed by atoms with Crippen molar-refractivity contribution in [3.8, 4) is 11.5 Å². The highest BCUT2D eigenvalue weighted by molar-refractivity contribution is 9.10. The summed E-state index contributed by atoms with van der Waals surface area (Å²) in [5, 5.41) is 2.85. The second-order valence-corrected chi connectivity index (χ2v) is 5.63. The van der Waals surface area contributed by atoms with Crippen LogP contribution in [0.15, 0.2) is 53.0 Å². The van der Waals surface area contributed by atoms with Crippen molar-refractivity contribution >= 4 is 27.5 Å². The predicted octanol–water partition coefficient (Wildman–Crippen LogP) is 3.62. The quantitative estimate of drug-likeness (QED) is 0.902. The van der Waals surface area contributed by atoms with Crippen LogP contribution in [-0.4, -0.2) is 18.1 Å². The summed E-state index contributed by atoms with van der Waals surface area (Å²) in [5.74, 6) is 1.02. The lowest BCUT2D eigenvalue weighted by atomic mass is 10.1. The summed E-state index contributed by atoms with van der Waals surface area (Å²) >= 11 is 3.40. The molecule has 1 N–H and O–H groups in total. The number of fused-ring (bicyclic) bond motifs is 1. The van der Waals surface area contributed by atoms with Crippen LogP contribution >= 0.6 is 15.9 Å². The zero-order chi connectivity index (χ0) is 14.8. The zero-order valence-corrected chi connectivity index (χ0v) is 13.0. The number of benzene rings is 2. The summed E-state index contributed by atoms with van der Waals surface area (Å²) in [6, 6.07) is 14.8. The molecule has 0 aliphatic carbocycles. The lowest BCUT2D eigenvalue weighted by Gasteiger charge is -2.31. The molecular weight excluding hydrogens is 334 g/mol. The van der Waals surface area contributed by atoms with E-state index >= 15 is 0 Å². The molecule has 1 amide bonds. The lowest BCUT2D eigenvalue weighted by Crippen LogP contribution is -2.46. The number of amides is 1. The molecule has 3 rings (SSSR count). The summed E-state index contributed by atoms with van der Waals surface area (Å²) in [4.78, 5) is 12.4. The maximum absolute atomic E-state index is 12.4. The Morgan fingerprint density at radius 3 is 2.38 bits per heavy atom. The molecular formula is C16H14BrNO3. The number of hydrogen-bond acceptors (Lipinski definition) is 3. The van der Waals surface area contributed by atoms with Gasteiger partial charge in [0, 0.05) is 4.47 Å². The van der Waals surface area contributed by atoms with Crippen molar-refractivity contribution in [2.24, 2.45) is 0 Å². The number of halogens is 1. The van der Waals surface area contributed by atoms with Gasteiger partial charge in [0.15, 0.2) is 11.5 Å². The van der Waals surface area contributed by atoms with Crippen molar-refractivity contribution < 1.29 is 14.3 Å². The van der Waals surface area contributed by atoms with Crippen LogP contribution in [0.4, 0.5) is 5.69 Å². The Balaban J connectivity index is 1.78. The van der Waals surface area contributed by atoms with Crippen LogP contribution in [0.1, 0.15) is 6.92 Å². The predicted molar refractivity (Wildman–Crippen MR) is 83.7 cm³/mol. The first-order valence-electron chi connectivity index (χ1n) is 6.63. The van der Waals surface area contributed by atoms with Crippen LogP contribution in [0, 0.1) is 0 Å². The Kier molecular flexibility index (Phi) is 3.84. The Labute approximate surface area is 131 Å². The van der Waals surface area contributed by atoms with E-state index in [0.29, 0.717) is 17.2 Å². The number of ether oxygens (including phenoxy) is 2. The van der Waals surface area contributed by atoms with Gasteiger partial charge in [-0.2, -0.15) is 0 Å². The SMILES string of the molecule is CC1Oc2ccccc2OC1C(=O)Nc1ccccc1Br. The molecule has 2 aromatic rings. The third-order valence-electron chi connectivity index (χ3n) is 3.23. The van der Waals surface area contributed by atoms with Gasteiger partial charge in [-0.1, -0.05) is 24.3 Å². The maximum Gasteiger partial charge on any atom is 0.269 e. The van der Waals surface area contributed by atoms with Crippen LogP contribution in [0.3, 0.4) is 0 Å². The average molecular weight is 348 g/mol. The summed E-state index contributed by atoms with van der Waals surface area (Å²) < 4.78 is 12.3. The number of carbonyl (C=O) groups excluding carboxylic acids is 1. The third-order valence-corrected chi connectivity index (χ3v) is 3.92. The van der Waals surface area contributed by atoms with E-state index in [2.05, 4.69) is 21.2 Å². The summed E-state index contributed by atoms with van der Waals surface area (Å²) in [6.07, 6.45) is -1.05. The number of hydrogen-bond donors (Lipinski definition) is 1. The van der Waals surface area contributed by atoms with Gasteiger partial charge in [-0.25, -0.2) is 0 Å². The van der Waals surface area contributed by atoms with Crippen molar-refractivity contribution in [1.29, 1.82) is 0 Å². The molecule has 0 bridgehead atoms. The number of carbonyl (C=O) groups is 1. The molecule has 5 heteroatoms. The van der Waals surface area contributed by atoms with E-state index in [4.69, 9.17) is 9.47 Å². The topological polar surface area (TPSA) is 47.6 Å². The molecule has 0 fully saturated rings. The monoisotopic (exact) mass is 347 g/mol. The molecule has 4 nitrogen and oxygen atoms in total. The van der Waals surface area contributed by atoms with E-state index in [9.17, 15) is 4.79 Å². The number of nitrogens with one attached hydrogen (secondary N) is 1. The molecule has 0 spiro atoms. The fourth-order valence-electron chi connectivity index (χ4n) is 2.17. The van der Waals surface area contributed by atoms with Gasteiger partial charge in [0.05, 0.1) is 5.69 Å². The summed E-state index contributed by atoms with van der Waals surface area (Å²) in [5.41, 5.74) is 0.706. The molecule has 2 unspecified atom stereocenters. The van der Waals surface area contributed by atoms with Gasteiger partial charge >= 0.3 is 0 Å². The van der Waals surface area contributed by atoms with E-state index in [1.807, 2.05) is 49.4 Å². The van der Waals surface area contributed by atoms with Crippen LogP contribution in [0.25, 0.3) is 0 Å². The van der Waals surface area contributed by atoms with Gasteiger partial charge in [0.1, 0.15) is 6.10 Å². The first-order valence-corrected chi connectivity index (χ1v) is 7.42. The minimum absolute atomic E-state index is 0.232. The van der Waals surface area contributed by atoms with Gasteiger partial charge in [-0.3, -0.25) is 4.79 Å². The molecule has 2 aromatic carbocycles. The Bertz CT molecular complexity index is 674. The van der Waals surface area contributed by atoms with Crippen molar-refractivity contribution in [3.63, 3.8) is 0 Å². The lowest BCUT2D eigenvalue weighted by molar-refractivity contribution is -0.128. The van der Waals surface area contributed by atoms with E-state index in [1.165, 1.54) is 0 Å². The molecule has 0 radical (unpaired) electrons. The van der Waals surface area contributed by atoms with Gasteiger partial charge in [-0.15, -0.1) is 0 Å². The molecule has 1 aliphatic rings. The third kappa shape index (κ3) is 2.88. The normalized spacial score (nSPS) is 19.9. The highest BCUT2D eigenvalue weighted by Crippen LogP contribution is 2.34. The molecule has 0 saturated carbocycles. The fraction of sp³-hybridized carbons (Fsp3) is 0.188. The standard InChI is InChI=1S/C16H14BrNO3/c1-10-15(21-14-9-5-4-8-13(14)20-10)16(19)18-12-7-3-2-6-11(12)17/h2-10,15H,1H3,(H,18,19). The molecule has 1 aliphatic heterocycles. The van der Waals surface area contributed by atoms with E-state index in [0.717, 1.165) is 4.47 Å². The minimum atomic E-state index is -0.688. The van der Waals surface area contributed by atoms with Crippen LogP contribution in [0.2, 0.25) is 0 Å². The molecule has 2 atom stereocenters. The maximum atomic E-state index is 12.4. The Morgan fingerprint density at radius 2 is 1.67 bits per heavy atom. The Hall–Kier alpha value is -2.01. The molecule has 108 valence electrons.